The Labute approximate surface area is 329 Å². The summed E-state index contributed by atoms with van der Waals surface area (Å²) in [4.78, 5) is 2.39. The minimum atomic E-state index is -0.0871. The molecule has 0 atom stereocenters. The van der Waals surface area contributed by atoms with Crippen LogP contribution in [0.15, 0.2) is 212 Å². The van der Waals surface area contributed by atoms with Crippen LogP contribution >= 0.6 is 0 Å². The highest BCUT2D eigenvalue weighted by Gasteiger charge is 2.37. The maximum Gasteiger partial charge on any atom is 0.0467 e. The lowest BCUT2D eigenvalue weighted by atomic mass is 9.79. The van der Waals surface area contributed by atoms with Crippen LogP contribution in [0.25, 0.3) is 66.4 Å². The van der Waals surface area contributed by atoms with Gasteiger partial charge in [0.05, 0.1) is 0 Å². The van der Waals surface area contributed by atoms with E-state index >= 15 is 0 Å². The molecular weight excluding hydrogens is 675 g/mol. The third-order valence-electron chi connectivity index (χ3n) is 11.6. The Kier molecular flexibility index (Phi) is 8.23. The van der Waals surface area contributed by atoms with E-state index in [1.807, 2.05) is 0 Å². The number of hydrogen-bond donors (Lipinski definition) is 0. The Morgan fingerprint density at radius 2 is 0.786 bits per heavy atom. The van der Waals surface area contributed by atoms with Gasteiger partial charge in [-0.25, -0.2) is 0 Å². The molecule has 0 heterocycles. The van der Waals surface area contributed by atoms with E-state index in [9.17, 15) is 0 Å². The zero-order valence-electron chi connectivity index (χ0n) is 31.7. The molecular formula is C55H41N. The van der Waals surface area contributed by atoms with Crippen LogP contribution < -0.4 is 4.90 Å². The van der Waals surface area contributed by atoms with Crippen molar-refractivity contribution in [2.75, 3.05) is 4.90 Å². The van der Waals surface area contributed by atoms with Gasteiger partial charge in [0.15, 0.2) is 0 Å². The molecule has 0 amide bonds. The van der Waals surface area contributed by atoms with Gasteiger partial charge in [-0.2, -0.15) is 0 Å². The minimum absolute atomic E-state index is 0.0871. The number of hydrogen-bond acceptors (Lipinski definition) is 1. The Morgan fingerprint density at radius 3 is 1.52 bits per heavy atom. The number of nitrogens with zero attached hydrogens (tertiary/aromatic N) is 1. The molecule has 1 aliphatic carbocycles. The van der Waals surface area contributed by atoms with Crippen molar-refractivity contribution in [1.82, 2.24) is 0 Å². The van der Waals surface area contributed by atoms with E-state index < -0.39 is 0 Å². The Bertz CT molecular complexity index is 2860. The second kappa shape index (κ2) is 13.7. The van der Waals surface area contributed by atoms with Crippen LogP contribution in [-0.2, 0) is 5.41 Å². The molecule has 0 N–H and O–H groups in total. The molecule has 0 bridgehead atoms. The fourth-order valence-electron chi connectivity index (χ4n) is 8.83. The van der Waals surface area contributed by atoms with Crippen LogP contribution in [0.5, 0.6) is 0 Å². The summed E-state index contributed by atoms with van der Waals surface area (Å²) in [5, 5.41) is 2.49. The molecule has 9 aromatic rings. The molecule has 0 spiro atoms. The summed E-state index contributed by atoms with van der Waals surface area (Å²) in [6, 6.07) is 77.5. The largest absolute Gasteiger partial charge is 0.310 e. The van der Waals surface area contributed by atoms with Crippen LogP contribution in [0.2, 0.25) is 0 Å². The summed E-state index contributed by atoms with van der Waals surface area (Å²) in [5.41, 5.74) is 18.4. The molecule has 0 unspecified atom stereocenters. The Morgan fingerprint density at radius 1 is 0.304 bits per heavy atom. The van der Waals surface area contributed by atoms with Gasteiger partial charge in [-0.05, 0) is 120 Å². The van der Waals surface area contributed by atoms with Gasteiger partial charge in [-0.3, -0.25) is 0 Å². The van der Waals surface area contributed by atoms with E-state index in [-0.39, 0.29) is 5.41 Å². The second-order valence-electron chi connectivity index (χ2n) is 15.4. The summed E-state index contributed by atoms with van der Waals surface area (Å²) in [6.07, 6.45) is 0. The van der Waals surface area contributed by atoms with Gasteiger partial charge in [-0.1, -0.05) is 184 Å². The maximum atomic E-state index is 2.39. The summed E-state index contributed by atoms with van der Waals surface area (Å²) >= 11 is 0. The zero-order valence-corrected chi connectivity index (χ0v) is 31.7. The number of rotatable bonds is 7. The predicted molar refractivity (Wildman–Crippen MR) is 238 cm³/mol. The van der Waals surface area contributed by atoms with Crippen LogP contribution in [0.1, 0.15) is 25.0 Å². The van der Waals surface area contributed by atoms with Crippen molar-refractivity contribution in [3.05, 3.63) is 223 Å². The van der Waals surface area contributed by atoms with Gasteiger partial charge in [-0.15, -0.1) is 0 Å². The molecule has 10 rings (SSSR count). The molecule has 0 saturated heterocycles. The number of benzene rings is 9. The van der Waals surface area contributed by atoms with Gasteiger partial charge in [0.25, 0.3) is 0 Å². The molecule has 0 fully saturated rings. The molecule has 56 heavy (non-hydrogen) atoms. The van der Waals surface area contributed by atoms with Crippen molar-refractivity contribution in [3.8, 4) is 55.6 Å². The van der Waals surface area contributed by atoms with Crippen molar-refractivity contribution in [1.29, 1.82) is 0 Å². The lowest BCUT2D eigenvalue weighted by Gasteiger charge is -2.27. The second-order valence-corrected chi connectivity index (χ2v) is 15.4. The first-order valence-corrected chi connectivity index (χ1v) is 19.5. The van der Waals surface area contributed by atoms with Crippen molar-refractivity contribution < 1.29 is 0 Å². The standard InChI is InChI=1S/C55H41N/c1-55(2)53-24-9-8-21-51(53)52-23-12-22-50(54(52)55)42-31-33-47(34-32-42)56(49-20-11-18-45(37-49)46-30-29-39-15-6-7-16-43(39)35-46)48-19-10-17-44(36-48)41-27-25-40(26-28-41)38-13-4-3-5-14-38/h3-37H,1-2H3. The first-order valence-electron chi connectivity index (χ1n) is 19.5. The third-order valence-corrected chi connectivity index (χ3v) is 11.6. The highest BCUT2D eigenvalue weighted by atomic mass is 15.1. The Hall–Kier alpha value is -6.96. The number of anilines is 3. The third kappa shape index (κ3) is 5.90. The van der Waals surface area contributed by atoms with E-state index in [0.29, 0.717) is 0 Å². The normalized spacial score (nSPS) is 12.6. The lowest BCUT2D eigenvalue weighted by Crippen LogP contribution is -2.16. The SMILES string of the molecule is CC1(C)c2ccccc2-c2cccc(-c3ccc(N(c4cccc(-c5ccc(-c6ccccc6)cc5)c4)c4cccc(-c5ccc6ccccc6c5)c4)cc3)c21. The van der Waals surface area contributed by atoms with E-state index in [0.717, 1.165) is 17.1 Å². The summed E-state index contributed by atoms with van der Waals surface area (Å²) < 4.78 is 0. The van der Waals surface area contributed by atoms with Crippen molar-refractivity contribution in [3.63, 3.8) is 0 Å². The van der Waals surface area contributed by atoms with E-state index in [1.54, 1.807) is 0 Å². The summed E-state index contributed by atoms with van der Waals surface area (Å²) in [7, 11) is 0. The van der Waals surface area contributed by atoms with Crippen LogP contribution in [0.3, 0.4) is 0 Å². The first-order chi connectivity index (χ1) is 27.5. The minimum Gasteiger partial charge on any atom is -0.310 e. The number of fused-ring (bicyclic) bond motifs is 4. The molecule has 1 aliphatic rings. The van der Waals surface area contributed by atoms with Crippen LogP contribution in [0, 0.1) is 0 Å². The fourth-order valence-corrected chi connectivity index (χ4v) is 8.83. The maximum absolute atomic E-state index is 2.39. The highest BCUT2D eigenvalue weighted by molar-refractivity contribution is 5.91. The summed E-state index contributed by atoms with van der Waals surface area (Å²) in [6.45, 7) is 4.73. The molecule has 0 saturated carbocycles. The smallest absolute Gasteiger partial charge is 0.0467 e. The molecule has 1 heteroatoms. The van der Waals surface area contributed by atoms with Gasteiger partial charge < -0.3 is 4.90 Å². The van der Waals surface area contributed by atoms with Gasteiger partial charge >= 0.3 is 0 Å². The van der Waals surface area contributed by atoms with Crippen molar-refractivity contribution in [2.45, 2.75) is 19.3 Å². The quantitative estimate of drug-likeness (QED) is 0.159. The van der Waals surface area contributed by atoms with Crippen LogP contribution in [-0.4, -0.2) is 0 Å². The first kappa shape index (κ1) is 33.6. The lowest BCUT2D eigenvalue weighted by molar-refractivity contribution is 0.662. The van der Waals surface area contributed by atoms with E-state index in [1.165, 1.54) is 77.5 Å². The van der Waals surface area contributed by atoms with Crippen LogP contribution in [0.4, 0.5) is 17.1 Å². The summed E-state index contributed by atoms with van der Waals surface area (Å²) in [5.74, 6) is 0. The monoisotopic (exact) mass is 715 g/mol. The fraction of sp³-hybridized carbons (Fsp3) is 0.0545. The van der Waals surface area contributed by atoms with Gasteiger partial charge in [0, 0.05) is 22.5 Å². The van der Waals surface area contributed by atoms with E-state index in [2.05, 4.69) is 231 Å². The molecule has 266 valence electrons. The Balaban J connectivity index is 1.07. The predicted octanol–water partition coefficient (Wildman–Crippen LogP) is 15.3. The average Bonchev–Trinajstić information content (AvgIpc) is 3.50. The molecule has 0 aromatic heterocycles. The van der Waals surface area contributed by atoms with Gasteiger partial charge in [0.2, 0.25) is 0 Å². The molecule has 9 aromatic carbocycles. The highest BCUT2D eigenvalue weighted by Crippen LogP contribution is 2.52. The topological polar surface area (TPSA) is 3.24 Å². The van der Waals surface area contributed by atoms with Crippen molar-refractivity contribution in [2.24, 2.45) is 0 Å². The van der Waals surface area contributed by atoms with Crippen molar-refractivity contribution >= 4 is 27.8 Å². The molecule has 0 aliphatic heterocycles. The van der Waals surface area contributed by atoms with Gasteiger partial charge in [0.1, 0.15) is 0 Å². The molecule has 0 radical (unpaired) electrons. The average molecular weight is 716 g/mol. The zero-order chi connectivity index (χ0) is 37.6. The van der Waals surface area contributed by atoms with E-state index in [4.69, 9.17) is 0 Å². The molecule has 1 nitrogen and oxygen atoms in total.